The number of nitrogens with one attached hydrogen (secondary N) is 2. The molecule has 0 radical (unpaired) electrons. The van der Waals surface area contributed by atoms with Crippen molar-refractivity contribution in [2.24, 2.45) is 0 Å². The van der Waals surface area contributed by atoms with Crippen molar-refractivity contribution < 1.29 is 24.5 Å². The minimum Gasteiger partial charge on any atom is -0.495 e. The number of carboxylic acids is 1. The zero-order valence-electron chi connectivity index (χ0n) is 10.6. The molecule has 0 bridgehead atoms. The highest BCUT2D eigenvalue weighted by Gasteiger charge is 2.25. The lowest BCUT2D eigenvalue weighted by molar-refractivity contribution is -0.141. The van der Waals surface area contributed by atoms with Crippen LogP contribution in [0.2, 0.25) is 0 Å². The van der Waals surface area contributed by atoms with E-state index in [1.165, 1.54) is 14.0 Å². The molecular formula is C12H16N2O5. The van der Waals surface area contributed by atoms with E-state index < -0.39 is 24.1 Å². The molecule has 1 aromatic rings. The van der Waals surface area contributed by atoms with Gasteiger partial charge >= 0.3 is 12.0 Å². The number of hydrogen-bond acceptors (Lipinski definition) is 4. The third-order valence-electron chi connectivity index (χ3n) is 2.39. The number of hydrogen-bond donors (Lipinski definition) is 4. The van der Waals surface area contributed by atoms with Crippen molar-refractivity contribution >= 4 is 17.7 Å². The Kier molecular flexibility index (Phi) is 5.13. The van der Waals surface area contributed by atoms with Crippen LogP contribution in [0.25, 0.3) is 0 Å². The van der Waals surface area contributed by atoms with E-state index in [0.717, 1.165) is 0 Å². The summed E-state index contributed by atoms with van der Waals surface area (Å²) in [5.41, 5.74) is 0.400. The van der Waals surface area contributed by atoms with Crippen LogP contribution in [0.5, 0.6) is 5.75 Å². The summed E-state index contributed by atoms with van der Waals surface area (Å²) in [4.78, 5) is 22.5. The number of carbonyl (C=O) groups is 2. The van der Waals surface area contributed by atoms with Gasteiger partial charge in [0.05, 0.1) is 18.9 Å². The van der Waals surface area contributed by atoms with Gasteiger partial charge in [0.1, 0.15) is 5.75 Å². The number of carbonyl (C=O) groups excluding carboxylic acids is 1. The average molecular weight is 268 g/mol. The number of para-hydroxylation sites is 2. The average Bonchev–Trinajstić information content (AvgIpc) is 2.36. The molecule has 0 spiro atoms. The van der Waals surface area contributed by atoms with Gasteiger partial charge in [-0.2, -0.15) is 0 Å². The molecule has 19 heavy (non-hydrogen) atoms. The fourth-order valence-electron chi connectivity index (χ4n) is 1.44. The van der Waals surface area contributed by atoms with Gasteiger partial charge in [0.2, 0.25) is 0 Å². The standard InChI is InChI=1S/C12H16N2O5/c1-7(15)10(11(16)17)14-12(18)13-8-5-3-4-6-9(8)19-2/h3-7,10,15H,1-2H3,(H,16,17)(H2,13,14,18). The van der Waals surface area contributed by atoms with Gasteiger partial charge in [-0.3, -0.25) is 0 Å². The summed E-state index contributed by atoms with van der Waals surface area (Å²) in [6, 6.07) is 4.57. The molecule has 7 heteroatoms. The van der Waals surface area contributed by atoms with Gasteiger partial charge in [0.15, 0.2) is 6.04 Å². The van der Waals surface area contributed by atoms with Crippen LogP contribution in [0.3, 0.4) is 0 Å². The first-order chi connectivity index (χ1) is 8.95. The predicted molar refractivity (Wildman–Crippen MR) is 68.3 cm³/mol. The summed E-state index contributed by atoms with van der Waals surface area (Å²) >= 11 is 0. The summed E-state index contributed by atoms with van der Waals surface area (Å²) < 4.78 is 5.04. The summed E-state index contributed by atoms with van der Waals surface area (Å²) in [6.07, 6.45) is -1.21. The van der Waals surface area contributed by atoms with Crippen LogP contribution in [0.1, 0.15) is 6.92 Å². The van der Waals surface area contributed by atoms with Gasteiger partial charge in [-0.1, -0.05) is 12.1 Å². The Morgan fingerprint density at radius 1 is 1.32 bits per heavy atom. The first-order valence-electron chi connectivity index (χ1n) is 5.57. The van der Waals surface area contributed by atoms with E-state index in [4.69, 9.17) is 9.84 Å². The summed E-state index contributed by atoms with van der Waals surface area (Å²) in [7, 11) is 1.45. The zero-order valence-corrected chi connectivity index (χ0v) is 10.6. The lowest BCUT2D eigenvalue weighted by Gasteiger charge is -2.18. The highest BCUT2D eigenvalue weighted by Crippen LogP contribution is 2.22. The molecule has 0 aliphatic carbocycles. The fourth-order valence-corrected chi connectivity index (χ4v) is 1.44. The normalized spacial score (nSPS) is 13.2. The zero-order chi connectivity index (χ0) is 14.4. The molecule has 104 valence electrons. The van der Waals surface area contributed by atoms with Crippen molar-refractivity contribution in [3.05, 3.63) is 24.3 Å². The highest BCUT2D eigenvalue weighted by molar-refractivity contribution is 5.93. The molecule has 0 saturated heterocycles. The van der Waals surface area contributed by atoms with E-state index in [-0.39, 0.29) is 0 Å². The summed E-state index contributed by atoms with van der Waals surface area (Å²) in [6.45, 7) is 1.28. The topological polar surface area (TPSA) is 108 Å². The molecule has 0 aromatic heterocycles. The van der Waals surface area contributed by atoms with E-state index in [9.17, 15) is 14.7 Å². The van der Waals surface area contributed by atoms with Gasteiger partial charge in [-0.05, 0) is 19.1 Å². The highest BCUT2D eigenvalue weighted by atomic mass is 16.5. The van der Waals surface area contributed by atoms with Crippen molar-refractivity contribution in [1.82, 2.24) is 5.32 Å². The number of carboxylic acid groups (broad SMARTS) is 1. The molecule has 2 amide bonds. The van der Waals surface area contributed by atoms with Crippen LogP contribution in [0.4, 0.5) is 10.5 Å². The summed E-state index contributed by atoms with van der Waals surface area (Å²) in [5.74, 6) is -0.869. The van der Waals surface area contributed by atoms with Crippen LogP contribution in [0, 0.1) is 0 Å². The molecule has 0 heterocycles. The van der Waals surface area contributed by atoms with Crippen LogP contribution in [-0.4, -0.2) is 41.5 Å². The maximum Gasteiger partial charge on any atom is 0.328 e. The Bertz CT molecular complexity index is 461. The third-order valence-corrected chi connectivity index (χ3v) is 2.39. The number of rotatable bonds is 5. The van der Waals surface area contributed by atoms with E-state index in [0.29, 0.717) is 11.4 Å². The minimum absolute atomic E-state index is 0.400. The van der Waals surface area contributed by atoms with Gasteiger partial charge in [-0.15, -0.1) is 0 Å². The molecule has 7 nitrogen and oxygen atoms in total. The van der Waals surface area contributed by atoms with E-state index in [1.807, 2.05) is 0 Å². The number of benzene rings is 1. The second-order valence-corrected chi connectivity index (χ2v) is 3.86. The number of urea groups is 1. The number of anilines is 1. The quantitative estimate of drug-likeness (QED) is 0.627. The van der Waals surface area contributed by atoms with Crippen molar-refractivity contribution in [2.75, 3.05) is 12.4 Å². The number of amides is 2. The molecule has 1 aromatic carbocycles. The number of ether oxygens (including phenoxy) is 1. The predicted octanol–water partition coefficient (Wildman–Crippen LogP) is 0.651. The van der Waals surface area contributed by atoms with Crippen LogP contribution in [-0.2, 0) is 4.79 Å². The molecule has 0 saturated carbocycles. The van der Waals surface area contributed by atoms with Crippen molar-refractivity contribution in [3.63, 3.8) is 0 Å². The second kappa shape index (κ2) is 6.60. The fraction of sp³-hybridized carbons (Fsp3) is 0.333. The van der Waals surface area contributed by atoms with Crippen molar-refractivity contribution in [1.29, 1.82) is 0 Å². The van der Waals surface area contributed by atoms with Gasteiger partial charge in [0.25, 0.3) is 0 Å². The van der Waals surface area contributed by atoms with Gasteiger partial charge in [0, 0.05) is 0 Å². The Balaban J connectivity index is 2.72. The van der Waals surface area contributed by atoms with Crippen molar-refractivity contribution in [3.8, 4) is 5.75 Å². The van der Waals surface area contributed by atoms with Crippen LogP contribution >= 0.6 is 0 Å². The van der Waals surface area contributed by atoms with E-state index in [2.05, 4.69) is 10.6 Å². The Morgan fingerprint density at radius 3 is 2.47 bits per heavy atom. The molecule has 0 fully saturated rings. The number of aliphatic hydroxyl groups excluding tert-OH is 1. The first-order valence-corrected chi connectivity index (χ1v) is 5.57. The SMILES string of the molecule is COc1ccccc1NC(=O)NC(C(=O)O)C(C)O. The van der Waals surface area contributed by atoms with E-state index >= 15 is 0 Å². The van der Waals surface area contributed by atoms with E-state index in [1.54, 1.807) is 24.3 Å². The third kappa shape index (κ3) is 4.14. The van der Waals surface area contributed by atoms with Gasteiger partial charge < -0.3 is 25.6 Å². The second-order valence-electron chi connectivity index (χ2n) is 3.86. The molecule has 2 unspecified atom stereocenters. The molecule has 2 atom stereocenters. The van der Waals surface area contributed by atoms with Crippen LogP contribution in [0.15, 0.2) is 24.3 Å². The Hall–Kier alpha value is -2.28. The lowest BCUT2D eigenvalue weighted by atomic mass is 10.2. The molecular weight excluding hydrogens is 252 g/mol. The largest absolute Gasteiger partial charge is 0.495 e. The smallest absolute Gasteiger partial charge is 0.328 e. The maximum atomic E-state index is 11.6. The molecule has 4 N–H and O–H groups in total. The summed E-state index contributed by atoms with van der Waals surface area (Å²) in [5, 5.41) is 22.7. The Labute approximate surface area is 110 Å². The molecule has 0 aliphatic heterocycles. The Morgan fingerprint density at radius 2 is 1.95 bits per heavy atom. The lowest BCUT2D eigenvalue weighted by Crippen LogP contribution is -2.49. The number of methoxy groups -OCH3 is 1. The first kappa shape index (κ1) is 14.8. The molecule has 0 aliphatic rings. The minimum atomic E-state index is -1.38. The monoisotopic (exact) mass is 268 g/mol. The van der Waals surface area contributed by atoms with Gasteiger partial charge in [-0.25, -0.2) is 9.59 Å². The molecule has 1 rings (SSSR count). The number of aliphatic hydroxyl groups is 1. The number of aliphatic carboxylic acids is 1. The maximum absolute atomic E-state index is 11.6. The van der Waals surface area contributed by atoms with Crippen LogP contribution < -0.4 is 15.4 Å². The van der Waals surface area contributed by atoms with Crippen molar-refractivity contribution in [2.45, 2.75) is 19.1 Å².